The molecule has 0 saturated heterocycles. The summed E-state index contributed by atoms with van der Waals surface area (Å²) in [6, 6.07) is 0.521. The molecular formula is C13H28IN3. The van der Waals surface area contributed by atoms with Crippen LogP contribution in [0.5, 0.6) is 0 Å². The van der Waals surface area contributed by atoms with Crippen molar-refractivity contribution in [3.63, 3.8) is 0 Å². The van der Waals surface area contributed by atoms with Gasteiger partial charge in [0.1, 0.15) is 0 Å². The minimum atomic E-state index is 0. The van der Waals surface area contributed by atoms with E-state index in [2.05, 4.69) is 22.5 Å². The molecule has 1 fully saturated rings. The van der Waals surface area contributed by atoms with Gasteiger partial charge in [0.25, 0.3) is 0 Å². The Balaban J connectivity index is 0.00000256. The van der Waals surface area contributed by atoms with Crippen LogP contribution in [0.1, 0.15) is 51.9 Å². The van der Waals surface area contributed by atoms with Crippen molar-refractivity contribution in [1.82, 2.24) is 10.6 Å². The summed E-state index contributed by atoms with van der Waals surface area (Å²) >= 11 is 0. The molecule has 0 amide bonds. The lowest BCUT2D eigenvalue weighted by atomic mass is 9.85. The lowest BCUT2D eigenvalue weighted by Crippen LogP contribution is -2.40. The van der Waals surface area contributed by atoms with Gasteiger partial charge >= 0.3 is 0 Å². The SMILES string of the molecule is CN=C(NC)NC(C)CCC1CCCCC1.I. The highest BCUT2D eigenvalue weighted by Gasteiger charge is 2.14. The molecule has 0 heterocycles. The summed E-state index contributed by atoms with van der Waals surface area (Å²) in [7, 11) is 3.72. The van der Waals surface area contributed by atoms with Crippen LogP contribution in [0.3, 0.4) is 0 Å². The molecular weight excluding hydrogens is 325 g/mol. The van der Waals surface area contributed by atoms with E-state index in [4.69, 9.17) is 0 Å². The predicted molar refractivity (Wildman–Crippen MR) is 86.2 cm³/mol. The highest BCUT2D eigenvalue weighted by atomic mass is 127. The molecule has 0 aliphatic heterocycles. The zero-order valence-electron chi connectivity index (χ0n) is 11.5. The molecule has 1 unspecified atom stereocenters. The summed E-state index contributed by atoms with van der Waals surface area (Å²) in [5.41, 5.74) is 0. The quantitative estimate of drug-likeness (QED) is 0.463. The summed E-state index contributed by atoms with van der Waals surface area (Å²) in [6.45, 7) is 2.24. The van der Waals surface area contributed by atoms with Gasteiger partial charge in [-0.1, -0.05) is 32.1 Å². The summed E-state index contributed by atoms with van der Waals surface area (Å²) in [6.07, 6.45) is 9.88. The first kappa shape index (κ1) is 17.0. The van der Waals surface area contributed by atoms with E-state index in [-0.39, 0.29) is 24.0 Å². The number of hydrogen-bond acceptors (Lipinski definition) is 1. The third-order valence-corrected chi connectivity index (χ3v) is 3.58. The maximum Gasteiger partial charge on any atom is 0.190 e. The fourth-order valence-electron chi connectivity index (χ4n) is 2.52. The van der Waals surface area contributed by atoms with Crippen molar-refractivity contribution in [1.29, 1.82) is 0 Å². The molecule has 1 rings (SSSR count). The molecule has 1 atom stereocenters. The van der Waals surface area contributed by atoms with Crippen molar-refractivity contribution in [2.75, 3.05) is 14.1 Å². The summed E-state index contributed by atoms with van der Waals surface area (Å²) in [4.78, 5) is 4.14. The average molecular weight is 353 g/mol. The van der Waals surface area contributed by atoms with Gasteiger partial charge in [-0.05, 0) is 25.7 Å². The lowest BCUT2D eigenvalue weighted by molar-refractivity contribution is 0.322. The first-order chi connectivity index (χ1) is 7.76. The van der Waals surface area contributed by atoms with E-state index >= 15 is 0 Å². The number of guanidine groups is 1. The zero-order chi connectivity index (χ0) is 11.8. The van der Waals surface area contributed by atoms with E-state index < -0.39 is 0 Å². The molecule has 1 saturated carbocycles. The van der Waals surface area contributed by atoms with Gasteiger partial charge in [0.2, 0.25) is 0 Å². The van der Waals surface area contributed by atoms with Gasteiger partial charge in [-0.3, -0.25) is 4.99 Å². The number of rotatable bonds is 4. The molecule has 0 aromatic heterocycles. The van der Waals surface area contributed by atoms with Crippen LogP contribution in [0.15, 0.2) is 4.99 Å². The molecule has 0 radical (unpaired) electrons. The second kappa shape index (κ2) is 9.97. The molecule has 0 spiro atoms. The van der Waals surface area contributed by atoms with E-state index in [0.29, 0.717) is 6.04 Å². The highest BCUT2D eigenvalue weighted by Crippen LogP contribution is 2.27. The largest absolute Gasteiger partial charge is 0.359 e. The van der Waals surface area contributed by atoms with E-state index in [1.807, 2.05) is 14.1 Å². The molecule has 4 heteroatoms. The van der Waals surface area contributed by atoms with Crippen molar-refractivity contribution in [2.45, 2.75) is 57.9 Å². The Kier molecular flexibility index (Phi) is 9.97. The van der Waals surface area contributed by atoms with Gasteiger partial charge < -0.3 is 10.6 Å². The van der Waals surface area contributed by atoms with Crippen LogP contribution in [0.4, 0.5) is 0 Å². The van der Waals surface area contributed by atoms with Crippen molar-refractivity contribution < 1.29 is 0 Å². The topological polar surface area (TPSA) is 36.4 Å². The molecule has 0 bridgehead atoms. The zero-order valence-corrected chi connectivity index (χ0v) is 13.8. The molecule has 102 valence electrons. The van der Waals surface area contributed by atoms with Gasteiger partial charge in [0.05, 0.1) is 0 Å². The smallest absolute Gasteiger partial charge is 0.190 e. The van der Waals surface area contributed by atoms with Gasteiger partial charge in [-0.15, -0.1) is 24.0 Å². The molecule has 0 aromatic rings. The van der Waals surface area contributed by atoms with E-state index in [1.54, 1.807) is 0 Å². The van der Waals surface area contributed by atoms with Gasteiger partial charge in [-0.2, -0.15) is 0 Å². The first-order valence-electron chi connectivity index (χ1n) is 6.67. The van der Waals surface area contributed by atoms with Crippen molar-refractivity contribution in [2.24, 2.45) is 10.9 Å². The molecule has 0 aromatic carbocycles. The fraction of sp³-hybridized carbons (Fsp3) is 0.923. The number of nitrogens with one attached hydrogen (secondary N) is 2. The van der Waals surface area contributed by atoms with Crippen LogP contribution >= 0.6 is 24.0 Å². The van der Waals surface area contributed by atoms with Gasteiger partial charge in [0, 0.05) is 20.1 Å². The average Bonchev–Trinajstić information content (AvgIpc) is 2.34. The van der Waals surface area contributed by atoms with Crippen molar-refractivity contribution in [3.05, 3.63) is 0 Å². The molecule has 17 heavy (non-hydrogen) atoms. The minimum Gasteiger partial charge on any atom is -0.359 e. The Morgan fingerprint density at radius 1 is 1.29 bits per heavy atom. The molecule has 1 aliphatic carbocycles. The number of nitrogens with zero attached hydrogens (tertiary/aromatic N) is 1. The molecule has 2 N–H and O–H groups in total. The Morgan fingerprint density at radius 3 is 2.47 bits per heavy atom. The predicted octanol–water partition coefficient (Wildman–Crippen LogP) is 3.15. The van der Waals surface area contributed by atoms with Gasteiger partial charge in [-0.25, -0.2) is 0 Å². The van der Waals surface area contributed by atoms with Gasteiger partial charge in [0.15, 0.2) is 5.96 Å². The monoisotopic (exact) mass is 353 g/mol. The fourth-order valence-corrected chi connectivity index (χ4v) is 2.52. The van der Waals surface area contributed by atoms with Crippen LogP contribution in [0.25, 0.3) is 0 Å². The highest BCUT2D eigenvalue weighted by molar-refractivity contribution is 14.0. The van der Waals surface area contributed by atoms with Crippen molar-refractivity contribution in [3.8, 4) is 0 Å². The Bertz CT molecular complexity index is 213. The first-order valence-corrected chi connectivity index (χ1v) is 6.67. The summed E-state index contributed by atoms with van der Waals surface area (Å²) < 4.78 is 0. The lowest BCUT2D eigenvalue weighted by Gasteiger charge is -2.23. The van der Waals surface area contributed by atoms with E-state index in [1.165, 1.54) is 44.9 Å². The number of halogens is 1. The van der Waals surface area contributed by atoms with E-state index in [9.17, 15) is 0 Å². The maximum absolute atomic E-state index is 4.14. The van der Waals surface area contributed by atoms with Crippen LogP contribution < -0.4 is 10.6 Å². The summed E-state index contributed by atoms with van der Waals surface area (Å²) in [5, 5.41) is 6.45. The standard InChI is InChI=1S/C13H27N3.HI/c1-11(16-13(14-2)15-3)9-10-12-7-5-4-6-8-12;/h11-12H,4-10H2,1-3H3,(H2,14,15,16);1H. The molecule has 3 nitrogen and oxygen atoms in total. The van der Waals surface area contributed by atoms with E-state index in [0.717, 1.165) is 11.9 Å². The van der Waals surface area contributed by atoms with Crippen LogP contribution in [0.2, 0.25) is 0 Å². The summed E-state index contributed by atoms with van der Waals surface area (Å²) in [5.74, 6) is 1.88. The van der Waals surface area contributed by atoms with Crippen LogP contribution in [-0.2, 0) is 0 Å². The van der Waals surface area contributed by atoms with Crippen molar-refractivity contribution >= 4 is 29.9 Å². The normalized spacial score (nSPS) is 19.4. The second-order valence-corrected chi connectivity index (χ2v) is 4.95. The minimum absolute atomic E-state index is 0. The number of hydrogen-bond donors (Lipinski definition) is 2. The Morgan fingerprint density at radius 2 is 1.94 bits per heavy atom. The maximum atomic E-state index is 4.14. The third-order valence-electron chi connectivity index (χ3n) is 3.58. The number of aliphatic imine (C=N–C) groups is 1. The van der Waals surface area contributed by atoms with Crippen LogP contribution in [-0.4, -0.2) is 26.1 Å². The Labute approximate surface area is 123 Å². The van der Waals surface area contributed by atoms with Crippen LogP contribution in [0, 0.1) is 5.92 Å². The second-order valence-electron chi connectivity index (χ2n) is 4.95. The third kappa shape index (κ3) is 7.11. The molecule has 1 aliphatic rings. The Hall–Kier alpha value is 0.